The number of hydrogen-bond acceptors (Lipinski definition) is 5. The second-order valence-corrected chi connectivity index (χ2v) is 9.04. The summed E-state index contributed by atoms with van der Waals surface area (Å²) in [6.07, 6.45) is 4.07. The molecular formula is C21H19ClN2O3S. The minimum atomic E-state index is -0.557. The highest BCUT2D eigenvalue weighted by molar-refractivity contribution is 7.13. The van der Waals surface area contributed by atoms with E-state index in [1.54, 1.807) is 23.2 Å². The van der Waals surface area contributed by atoms with Gasteiger partial charge in [-0.25, -0.2) is 4.98 Å². The van der Waals surface area contributed by atoms with Crippen molar-refractivity contribution in [3.05, 3.63) is 57.8 Å². The number of carbonyl (C=O) groups is 2. The first kappa shape index (κ1) is 17.9. The quantitative estimate of drug-likeness (QED) is 0.723. The molecule has 0 bridgehead atoms. The van der Waals surface area contributed by atoms with E-state index in [1.807, 2.05) is 17.5 Å². The summed E-state index contributed by atoms with van der Waals surface area (Å²) in [6.45, 7) is 2.17. The normalized spacial score (nSPS) is 29.6. The zero-order chi connectivity index (χ0) is 19.4. The van der Waals surface area contributed by atoms with Gasteiger partial charge in [-0.15, -0.1) is 11.3 Å². The van der Waals surface area contributed by atoms with Crippen molar-refractivity contribution in [2.24, 2.45) is 11.8 Å². The Kier molecular flexibility index (Phi) is 4.29. The fourth-order valence-corrected chi connectivity index (χ4v) is 5.47. The molecule has 144 valence electrons. The number of ether oxygens (including phenoxy) is 1. The molecule has 0 spiro atoms. The third-order valence-corrected chi connectivity index (χ3v) is 6.91. The maximum atomic E-state index is 13.5. The molecule has 1 aromatic carbocycles. The summed E-state index contributed by atoms with van der Waals surface area (Å²) >= 11 is 7.59. The number of Topliss-reactive ketones (excluding diaryl/α,β-unsaturated/α-hetero) is 1. The van der Waals surface area contributed by atoms with Gasteiger partial charge in [-0.05, 0) is 42.9 Å². The minimum Gasteiger partial charge on any atom is -0.483 e. The van der Waals surface area contributed by atoms with Crippen LogP contribution in [0.3, 0.4) is 0 Å². The molecular weight excluding hydrogens is 396 g/mol. The number of amides is 1. The molecule has 2 aromatic rings. The van der Waals surface area contributed by atoms with Gasteiger partial charge in [0.05, 0.1) is 17.5 Å². The lowest BCUT2D eigenvalue weighted by Crippen LogP contribution is -2.41. The van der Waals surface area contributed by atoms with E-state index < -0.39 is 6.04 Å². The Morgan fingerprint density at radius 1 is 1.29 bits per heavy atom. The zero-order valence-corrected chi connectivity index (χ0v) is 16.9. The van der Waals surface area contributed by atoms with Crippen molar-refractivity contribution in [3.8, 4) is 0 Å². The van der Waals surface area contributed by atoms with E-state index in [9.17, 15) is 9.59 Å². The fourth-order valence-electron chi connectivity index (χ4n) is 4.60. The predicted molar refractivity (Wildman–Crippen MR) is 107 cm³/mol. The Morgan fingerprint density at radius 2 is 2.14 bits per heavy atom. The zero-order valence-electron chi connectivity index (χ0n) is 15.3. The second-order valence-electron chi connectivity index (χ2n) is 7.74. The van der Waals surface area contributed by atoms with E-state index in [0.29, 0.717) is 21.6 Å². The Hall–Kier alpha value is -2.18. The van der Waals surface area contributed by atoms with Crippen LogP contribution in [0.15, 0.2) is 47.2 Å². The van der Waals surface area contributed by atoms with Gasteiger partial charge in [0.1, 0.15) is 6.10 Å². The molecule has 5 rings (SSSR count). The monoisotopic (exact) mass is 414 g/mol. The van der Waals surface area contributed by atoms with E-state index in [2.05, 4.69) is 11.9 Å². The molecule has 1 fully saturated rings. The second kappa shape index (κ2) is 6.71. The number of halogens is 1. The van der Waals surface area contributed by atoms with Crippen molar-refractivity contribution < 1.29 is 14.3 Å². The van der Waals surface area contributed by atoms with Gasteiger partial charge in [0.15, 0.2) is 16.7 Å². The topological polar surface area (TPSA) is 59.5 Å². The number of ketones is 1. The molecule has 3 heterocycles. The average molecular weight is 415 g/mol. The molecule has 1 aliphatic carbocycles. The van der Waals surface area contributed by atoms with Gasteiger partial charge in [0, 0.05) is 16.6 Å². The maximum absolute atomic E-state index is 13.5. The number of fused-ring (bicyclic) bond motifs is 1. The summed E-state index contributed by atoms with van der Waals surface area (Å²) in [6, 6.07) is 6.75. The largest absolute Gasteiger partial charge is 0.483 e. The summed E-state index contributed by atoms with van der Waals surface area (Å²) in [7, 11) is 0. The molecule has 1 amide bonds. The lowest BCUT2D eigenvalue weighted by Gasteiger charge is -2.37. The SMILES string of the molecule is CC1CCC2OC3=C(C(=O)C2C1)C(c1cccc(Cl)c1)N(c1nccs1)C3=O. The van der Waals surface area contributed by atoms with Crippen LogP contribution in [0.4, 0.5) is 5.13 Å². The lowest BCUT2D eigenvalue weighted by molar-refractivity contribution is -0.132. The van der Waals surface area contributed by atoms with Crippen LogP contribution in [-0.4, -0.2) is 22.8 Å². The van der Waals surface area contributed by atoms with Crippen molar-refractivity contribution >= 4 is 39.8 Å². The highest BCUT2D eigenvalue weighted by Gasteiger charge is 2.53. The molecule has 28 heavy (non-hydrogen) atoms. The van der Waals surface area contributed by atoms with Crippen LogP contribution in [0, 0.1) is 11.8 Å². The fraction of sp³-hybridized carbons (Fsp3) is 0.381. The molecule has 0 saturated heterocycles. The van der Waals surface area contributed by atoms with Gasteiger partial charge in [0.2, 0.25) is 0 Å². The van der Waals surface area contributed by atoms with E-state index in [1.165, 1.54) is 11.3 Å². The predicted octanol–water partition coefficient (Wildman–Crippen LogP) is 4.54. The van der Waals surface area contributed by atoms with Gasteiger partial charge in [-0.2, -0.15) is 0 Å². The molecule has 4 unspecified atom stereocenters. The third kappa shape index (κ3) is 2.70. The standard InChI is InChI=1S/C21H19ClN2O3S/c1-11-5-6-15-14(9-11)18(25)16-17(12-3-2-4-13(22)10-12)24(20(26)19(16)27-15)21-23-7-8-28-21/h2-4,7-8,10-11,14-15,17H,5-6,9H2,1H3. The van der Waals surface area contributed by atoms with Crippen LogP contribution < -0.4 is 4.90 Å². The number of aromatic nitrogens is 1. The number of hydrogen-bond donors (Lipinski definition) is 0. The van der Waals surface area contributed by atoms with Gasteiger partial charge in [0.25, 0.3) is 5.91 Å². The minimum absolute atomic E-state index is 0.0372. The Morgan fingerprint density at radius 3 is 2.89 bits per heavy atom. The highest BCUT2D eigenvalue weighted by Crippen LogP contribution is 2.49. The molecule has 1 aromatic heterocycles. The smallest absolute Gasteiger partial charge is 0.296 e. The molecule has 0 N–H and O–H groups in total. The number of anilines is 1. The maximum Gasteiger partial charge on any atom is 0.296 e. The Balaban J connectivity index is 1.65. The van der Waals surface area contributed by atoms with Crippen LogP contribution in [-0.2, 0) is 14.3 Å². The number of benzene rings is 1. The van der Waals surface area contributed by atoms with Crippen LogP contribution in [0.25, 0.3) is 0 Å². The van der Waals surface area contributed by atoms with Gasteiger partial charge in [-0.3, -0.25) is 14.5 Å². The van der Waals surface area contributed by atoms with Gasteiger partial charge < -0.3 is 4.74 Å². The molecule has 5 nitrogen and oxygen atoms in total. The van der Waals surface area contributed by atoms with Crippen molar-refractivity contribution in [3.63, 3.8) is 0 Å². The summed E-state index contributed by atoms with van der Waals surface area (Å²) in [5, 5.41) is 2.93. The van der Waals surface area contributed by atoms with E-state index in [0.717, 1.165) is 24.8 Å². The van der Waals surface area contributed by atoms with Crippen molar-refractivity contribution in [1.82, 2.24) is 4.98 Å². The van der Waals surface area contributed by atoms with Crippen LogP contribution >= 0.6 is 22.9 Å². The van der Waals surface area contributed by atoms with E-state index in [-0.39, 0.29) is 29.5 Å². The molecule has 1 saturated carbocycles. The number of nitrogens with zero attached hydrogens (tertiary/aromatic N) is 2. The molecule has 7 heteroatoms. The summed E-state index contributed by atoms with van der Waals surface area (Å²) in [4.78, 5) is 32.8. The first-order chi connectivity index (χ1) is 13.5. The van der Waals surface area contributed by atoms with E-state index in [4.69, 9.17) is 16.3 Å². The highest BCUT2D eigenvalue weighted by atomic mass is 35.5. The Bertz CT molecular complexity index is 987. The number of carbonyl (C=O) groups excluding carboxylic acids is 2. The molecule has 0 radical (unpaired) electrons. The van der Waals surface area contributed by atoms with Crippen LogP contribution in [0.5, 0.6) is 0 Å². The Labute approximate surface area is 172 Å². The summed E-state index contributed by atoms with van der Waals surface area (Å²) in [5.41, 5.74) is 1.25. The van der Waals surface area contributed by atoms with Gasteiger partial charge >= 0.3 is 0 Å². The summed E-state index contributed by atoms with van der Waals surface area (Å²) < 4.78 is 6.17. The lowest BCUT2D eigenvalue weighted by atomic mass is 9.74. The van der Waals surface area contributed by atoms with Crippen molar-refractivity contribution in [2.75, 3.05) is 4.90 Å². The first-order valence-corrected chi connectivity index (χ1v) is 10.7. The number of thiazole rings is 1. The average Bonchev–Trinajstić information content (AvgIpc) is 3.29. The third-order valence-electron chi connectivity index (χ3n) is 5.90. The van der Waals surface area contributed by atoms with Crippen molar-refractivity contribution in [2.45, 2.75) is 38.3 Å². The molecule has 2 aliphatic heterocycles. The van der Waals surface area contributed by atoms with Crippen molar-refractivity contribution in [1.29, 1.82) is 0 Å². The number of rotatable bonds is 2. The first-order valence-electron chi connectivity index (χ1n) is 9.48. The van der Waals surface area contributed by atoms with Gasteiger partial charge in [-0.1, -0.05) is 30.7 Å². The molecule has 3 aliphatic rings. The molecule has 4 atom stereocenters. The van der Waals surface area contributed by atoms with Crippen LogP contribution in [0.1, 0.15) is 37.8 Å². The van der Waals surface area contributed by atoms with Crippen LogP contribution in [0.2, 0.25) is 5.02 Å². The van der Waals surface area contributed by atoms with E-state index >= 15 is 0 Å². The summed E-state index contributed by atoms with van der Waals surface area (Å²) in [5.74, 6) is 0.234.